The lowest BCUT2D eigenvalue weighted by Gasteiger charge is -2.12. The highest BCUT2D eigenvalue weighted by Gasteiger charge is 2.20. The Hall–Kier alpha value is -2.28. The Morgan fingerprint density at radius 2 is 1.86 bits per heavy atom. The molecule has 6 nitrogen and oxygen atoms in total. The van der Waals surface area contributed by atoms with Crippen LogP contribution in [0.3, 0.4) is 0 Å². The molecule has 2 rings (SSSR count). The predicted octanol–water partition coefficient (Wildman–Crippen LogP) is 2.21. The summed E-state index contributed by atoms with van der Waals surface area (Å²) < 4.78 is 37.4. The maximum absolute atomic E-state index is 12.4. The molecule has 0 bridgehead atoms. The van der Waals surface area contributed by atoms with E-state index in [0.717, 1.165) is 5.56 Å². The number of pyridine rings is 1. The quantitative estimate of drug-likeness (QED) is 0.916. The molecule has 0 aliphatic rings. The Morgan fingerprint density at radius 3 is 2.43 bits per heavy atom. The number of hydrogen-bond acceptors (Lipinski definition) is 5. The van der Waals surface area contributed by atoms with E-state index in [4.69, 9.17) is 9.47 Å². The average Bonchev–Trinajstić information content (AvgIpc) is 2.47. The van der Waals surface area contributed by atoms with Crippen LogP contribution >= 0.6 is 0 Å². The highest BCUT2D eigenvalue weighted by molar-refractivity contribution is 7.92. The van der Waals surface area contributed by atoms with Crippen LogP contribution in [0.2, 0.25) is 0 Å². The standard InChI is InChI=1S/C14H16N2O4S/c1-10-4-6-12(19-2)13(8-10)21(17,18)16-11-5-7-14(20-3)15-9-11/h4-9,16H,1-3H3. The number of aromatic nitrogens is 1. The van der Waals surface area contributed by atoms with Gasteiger partial charge in [0.25, 0.3) is 10.0 Å². The first-order valence-corrected chi connectivity index (χ1v) is 7.62. The number of nitrogens with zero attached hydrogens (tertiary/aromatic N) is 1. The highest BCUT2D eigenvalue weighted by atomic mass is 32.2. The van der Waals surface area contributed by atoms with Gasteiger partial charge in [-0.1, -0.05) is 6.07 Å². The van der Waals surface area contributed by atoms with Gasteiger partial charge in [-0.25, -0.2) is 13.4 Å². The molecule has 7 heteroatoms. The van der Waals surface area contributed by atoms with Gasteiger partial charge < -0.3 is 9.47 Å². The summed E-state index contributed by atoms with van der Waals surface area (Å²) in [7, 11) is -0.835. The monoisotopic (exact) mass is 308 g/mol. The van der Waals surface area contributed by atoms with E-state index in [1.165, 1.54) is 20.4 Å². The second-order valence-electron chi connectivity index (χ2n) is 4.35. The molecule has 0 aliphatic heterocycles. The molecule has 1 aromatic heterocycles. The number of anilines is 1. The summed E-state index contributed by atoms with van der Waals surface area (Å²) in [6.07, 6.45) is 1.39. The van der Waals surface area contributed by atoms with Crippen molar-refractivity contribution in [3.63, 3.8) is 0 Å². The molecule has 112 valence electrons. The third-order valence-electron chi connectivity index (χ3n) is 2.81. The van der Waals surface area contributed by atoms with Gasteiger partial charge in [-0.05, 0) is 30.7 Å². The van der Waals surface area contributed by atoms with Gasteiger partial charge in [-0.2, -0.15) is 0 Å². The predicted molar refractivity (Wildman–Crippen MR) is 79.3 cm³/mol. The van der Waals surface area contributed by atoms with Gasteiger partial charge >= 0.3 is 0 Å². The van der Waals surface area contributed by atoms with E-state index < -0.39 is 10.0 Å². The minimum Gasteiger partial charge on any atom is -0.495 e. The number of methoxy groups -OCH3 is 2. The lowest BCUT2D eigenvalue weighted by molar-refractivity contribution is 0.398. The summed E-state index contributed by atoms with van der Waals surface area (Å²) in [5, 5.41) is 0. The number of hydrogen-bond donors (Lipinski definition) is 1. The van der Waals surface area contributed by atoms with Crippen molar-refractivity contribution in [2.75, 3.05) is 18.9 Å². The van der Waals surface area contributed by atoms with Gasteiger partial charge in [0, 0.05) is 6.07 Å². The zero-order valence-corrected chi connectivity index (χ0v) is 12.8. The molecule has 0 aliphatic carbocycles. The summed E-state index contributed by atoms with van der Waals surface area (Å²) in [4.78, 5) is 4.04. The van der Waals surface area contributed by atoms with Crippen molar-refractivity contribution in [3.8, 4) is 11.6 Å². The topological polar surface area (TPSA) is 77.5 Å². The molecule has 1 heterocycles. The van der Waals surface area contributed by atoms with E-state index in [2.05, 4.69) is 9.71 Å². The van der Waals surface area contributed by atoms with Crippen molar-refractivity contribution >= 4 is 15.7 Å². The molecule has 1 N–H and O–H groups in total. The molecule has 0 saturated heterocycles. The molecule has 21 heavy (non-hydrogen) atoms. The first kappa shape index (κ1) is 15.1. The van der Waals surface area contributed by atoms with Crippen molar-refractivity contribution in [2.45, 2.75) is 11.8 Å². The van der Waals surface area contributed by atoms with E-state index >= 15 is 0 Å². The van der Waals surface area contributed by atoms with Crippen molar-refractivity contribution in [2.24, 2.45) is 0 Å². The molecule has 0 fully saturated rings. The van der Waals surface area contributed by atoms with Crippen LogP contribution in [0.4, 0.5) is 5.69 Å². The molecule has 1 aromatic carbocycles. The zero-order chi connectivity index (χ0) is 15.5. The molecule has 0 saturated carbocycles. The Bertz CT molecular complexity index is 727. The fourth-order valence-electron chi connectivity index (χ4n) is 1.77. The number of aryl methyl sites for hydroxylation is 1. The second-order valence-corrected chi connectivity index (χ2v) is 6.00. The number of sulfonamides is 1. The first-order chi connectivity index (χ1) is 9.96. The van der Waals surface area contributed by atoms with Crippen LogP contribution < -0.4 is 14.2 Å². The second kappa shape index (κ2) is 6.01. The van der Waals surface area contributed by atoms with Crippen LogP contribution in [-0.4, -0.2) is 27.6 Å². The van der Waals surface area contributed by atoms with Crippen LogP contribution in [0.15, 0.2) is 41.4 Å². The lowest BCUT2D eigenvalue weighted by atomic mass is 10.2. The van der Waals surface area contributed by atoms with Crippen molar-refractivity contribution < 1.29 is 17.9 Å². The maximum Gasteiger partial charge on any atom is 0.265 e. The summed E-state index contributed by atoms with van der Waals surface area (Å²) >= 11 is 0. The van der Waals surface area contributed by atoms with Crippen LogP contribution in [-0.2, 0) is 10.0 Å². The van der Waals surface area contributed by atoms with Crippen LogP contribution in [0, 0.1) is 6.92 Å². The SMILES string of the molecule is COc1ccc(NS(=O)(=O)c2cc(C)ccc2OC)cn1. The van der Waals surface area contributed by atoms with E-state index in [-0.39, 0.29) is 10.6 Å². The van der Waals surface area contributed by atoms with Gasteiger partial charge in [0.1, 0.15) is 10.6 Å². The molecular formula is C14H16N2O4S. The number of rotatable bonds is 5. The summed E-state index contributed by atoms with van der Waals surface area (Å²) in [5.74, 6) is 0.695. The lowest BCUT2D eigenvalue weighted by Crippen LogP contribution is -2.14. The third kappa shape index (κ3) is 3.43. The molecule has 0 atom stereocenters. The van der Waals surface area contributed by atoms with E-state index in [0.29, 0.717) is 11.6 Å². The minimum absolute atomic E-state index is 0.0841. The van der Waals surface area contributed by atoms with Gasteiger partial charge in [0.2, 0.25) is 5.88 Å². The van der Waals surface area contributed by atoms with Crippen molar-refractivity contribution in [1.82, 2.24) is 4.98 Å². The molecule has 0 radical (unpaired) electrons. The van der Waals surface area contributed by atoms with E-state index in [1.54, 1.807) is 30.3 Å². The highest BCUT2D eigenvalue weighted by Crippen LogP contribution is 2.26. The van der Waals surface area contributed by atoms with Crippen molar-refractivity contribution in [1.29, 1.82) is 0 Å². The maximum atomic E-state index is 12.4. The molecule has 2 aromatic rings. The fraction of sp³-hybridized carbons (Fsp3) is 0.214. The molecule has 0 spiro atoms. The number of ether oxygens (including phenoxy) is 2. The fourth-order valence-corrected chi connectivity index (χ4v) is 3.06. The van der Waals surface area contributed by atoms with Gasteiger partial charge in [0.15, 0.2) is 0 Å². The van der Waals surface area contributed by atoms with Crippen LogP contribution in [0.1, 0.15) is 5.56 Å². The van der Waals surface area contributed by atoms with Gasteiger partial charge in [-0.3, -0.25) is 4.72 Å². The molecule has 0 amide bonds. The smallest absolute Gasteiger partial charge is 0.265 e. The van der Waals surface area contributed by atoms with Gasteiger partial charge in [-0.15, -0.1) is 0 Å². The molecular weight excluding hydrogens is 292 g/mol. The zero-order valence-electron chi connectivity index (χ0n) is 12.0. The Morgan fingerprint density at radius 1 is 1.10 bits per heavy atom. The third-order valence-corrected chi connectivity index (χ3v) is 4.21. The van der Waals surface area contributed by atoms with Gasteiger partial charge in [0.05, 0.1) is 26.1 Å². The average molecular weight is 308 g/mol. The van der Waals surface area contributed by atoms with E-state index in [9.17, 15) is 8.42 Å². The summed E-state index contributed by atoms with van der Waals surface area (Å²) in [6, 6.07) is 8.11. The Labute approximate surface area is 123 Å². The van der Waals surface area contributed by atoms with E-state index in [1.807, 2.05) is 6.92 Å². The normalized spacial score (nSPS) is 11.0. The van der Waals surface area contributed by atoms with Crippen molar-refractivity contribution in [3.05, 3.63) is 42.1 Å². The Kier molecular flexibility index (Phi) is 4.32. The number of benzene rings is 1. The minimum atomic E-state index is -3.75. The van der Waals surface area contributed by atoms with Crippen LogP contribution in [0.5, 0.6) is 11.6 Å². The first-order valence-electron chi connectivity index (χ1n) is 6.14. The number of nitrogens with one attached hydrogen (secondary N) is 1. The Balaban J connectivity index is 2.35. The summed E-state index contributed by atoms with van der Waals surface area (Å²) in [5.41, 5.74) is 1.17. The summed E-state index contributed by atoms with van der Waals surface area (Å²) in [6.45, 7) is 1.81. The largest absolute Gasteiger partial charge is 0.495 e. The van der Waals surface area contributed by atoms with Crippen LogP contribution in [0.25, 0.3) is 0 Å². The molecule has 0 unspecified atom stereocenters.